The fourth-order valence-corrected chi connectivity index (χ4v) is 2.69. The Morgan fingerprint density at radius 1 is 1.50 bits per heavy atom. The van der Waals surface area contributed by atoms with Crippen molar-refractivity contribution in [3.63, 3.8) is 0 Å². The summed E-state index contributed by atoms with van der Waals surface area (Å²) in [6, 6.07) is 3.69. The van der Waals surface area contributed by atoms with Gasteiger partial charge in [-0.3, -0.25) is 9.59 Å². The van der Waals surface area contributed by atoms with Crippen LogP contribution in [0, 0.1) is 5.92 Å². The molecule has 0 aliphatic carbocycles. The minimum atomic E-state index is -4.43. The largest absolute Gasteiger partial charge is 0.406 e. The molecule has 1 aliphatic rings. The molecule has 1 atom stereocenters. The zero-order valence-electron chi connectivity index (χ0n) is 10.4. The van der Waals surface area contributed by atoms with E-state index in [0.29, 0.717) is 11.4 Å². The van der Waals surface area contributed by atoms with Crippen LogP contribution in [-0.2, 0) is 16.1 Å². The Kier molecular flexibility index (Phi) is 4.32. The normalized spacial score (nSPS) is 19.4. The van der Waals surface area contributed by atoms with Gasteiger partial charge in [-0.1, -0.05) is 6.07 Å². The molecule has 1 N–H and O–H groups in total. The van der Waals surface area contributed by atoms with Gasteiger partial charge in [0.2, 0.25) is 11.8 Å². The highest BCUT2D eigenvalue weighted by molar-refractivity contribution is 7.09. The Bertz CT molecular complexity index is 487. The lowest BCUT2D eigenvalue weighted by Crippen LogP contribution is -2.37. The molecule has 0 spiro atoms. The van der Waals surface area contributed by atoms with E-state index < -0.39 is 24.5 Å². The summed E-state index contributed by atoms with van der Waals surface area (Å²) in [4.78, 5) is 24.9. The van der Waals surface area contributed by atoms with Crippen LogP contribution in [0.25, 0.3) is 0 Å². The molecule has 1 aliphatic heterocycles. The number of amides is 2. The molecule has 20 heavy (non-hydrogen) atoms. The summed E-state index contributed by atoms with van der Waals surface area (Å²) in [5.74, 6) is -1.71. The maximum Gasteiger partial charge on any atom is 0.406 e. The van der Waals surface area contributed by atoms with Gasteiger partial charge in [-0.05, 0) is 11.4 Å². The van der Waals surface area contributed by atoms with E-state index in [0.717, 1.165) is 4.88 Å². The number of nitrogens with zero attached hydrogens (tertiary/aromatic N) is 1. The number of thiophene rings is 1. The molecule has 0 radical (unpaired) electrons. The van der Waals surface area contributed by atoms with Crippen LogP contribution < -0.4 is 5.32 Å². The van der Waals surface area contributed by atoms with Gasteiger partial charge in [0.15, 0.2) is 0 Å². The average molecular weight is 306 g/mol. The molecule has 1 aromatic heterocycles. The van der Waals surface area contributed by atoms with Crippen molar-refractivity contribution >= 4 is 23.2 Å². The van der Waals surface area contributed by atoms with Crippen LogP contribution in [0.3, 0.4) is 0 Å². The molecule has 8 heteroatoms. The van der Waals surface area contributed by atoms with Crippen molar-refractivity contribution in [3.05, 3.63) is 22.4 Å². The first-order chi connectivity index (χ1) is 9.35. The molecule has 4 nitrogen and oxygen atoms in total. The van der Waals surface area contributed by atoms with E-state index in [9.17, 15) is 22.8 Å². The molecule has 1 aromatic rings. The minimum Gasteiger partial charge on any atom is -0.351 e. The fraction of sp³-hybridized carbons (Fsp3) is 0.500. The molecular weight excluding hydrogens is 293 g/mol. The monoisotopic (exact) mass is 306 g/mol. The number of rotatable bonds is 4. The number of carbonyl (C=O) groups is 2. The first-order valence-electron chi connectivity index (χ1n) is 6.00. The van der Waals surface area contributed by atoms with Crippen LogP contribution in [0.4, 0.5) is 13.2 Å². The van der Waals surface area contributed by atoms with Crippen LogP contribution >= 0.6 is 11.3 Å². The second kappa shape index (κ2) is 5.82. The summed E-state index contributed by atoms with van der Waals surface area (Å²) in [6.07, 6.45) is -4.59. The van der Waals surface area contributed by atoms with Crippen LogP contribution in [0.5, 0.6) is 0 Å². The van der Waals surface area contributed by atoms with Crippen molar-refractivity contribution in [1.29, 1.82) is 0 Å². The van der Waals surface area contributed by atoms with E-state index in [4.69, 9.17) is 0 Å². The molecule has 1 fully saturated rings. The SMILES string of the molecule is O=C(NCc1cccs1)[C@@H]1CC(=O)N(CC(F)(F)F)C1. The lowest BCUT2D eigenvalue weighted by molar-refractivity contribution is -0.157. The molecule has 2 heterocycles. The lowest BCUT2D eigenvalue weighted by Gasteiger charge is -2.18. The highest BCUT2D eigenvalue weighted by atomic mass is 32.1. The molecule has 1 saturated heterocycles. The first-order valence-corrected chi connectivity index (χ1v) is 6.88. The third-order valence-electron chi connectivity index (χ3n) is 2.97. The molecule has 110 valence electrons. The molecule has 2 amide bonds. The molecular formula is C12H13F3N2O2S. The van der Waals surface area contributed by atoms with E-state index >= 15 is 0 Å². The number of hydrogen-bond donors (Lipinski definition) is 1. The summed E-state index contributed by atoms with van der Waals surface area (Å²) in [6.45, 7) is -1.13. The Balaban J connectivity index is 1.84. The van der Waals surface area contributed by atoms with Crippen LogP contribution in [0.1, 0.15) is 11.3 Å². The second-order valence-electron chi connectivity index (χ2n) is 4.59. The second-order valence-corrected chi connectivity index (χ2v) is 5.62. The molecule has 0 aromatic carbocycles. The van der Waals surface area contributed by atoms with Gasteiger partial charge >= 0.3 is 6.18 Å². The number of halogens is 3. The first kappa shape index (κ1) is 14.8. The number of carbonyl (C=O) groups excluding carboxylic acids is 2. The highest BCUT2D eigenvalue weighted by Crippen LogP contribution is 2.24. The molecule has 0 saturated carbocycles. The molecule has 0 unspecified atom stereocenters. The van der Waals surface area contributed by atoms with E-state index in [1.807, 2.05) is 17.5 Å². The average Bonchev–Trinajstić information content (AvgIpc) is 2.95. The predicted molar refractivity (Wildman–Crippen MR) is 66.9 cm³/mol. The Morgan fingerprint density at radius 2 is 2.25 bits per heavy atom. The van der Waals surface area contributed by atoms with Crippen molar-refractivity contribution < 1.29 is 22.8 Å². The van der Waals surface area contributed by atoms with Gasteiger partial charge in [-0.2, -0.15) is 13.2 Å². The summed E-state index contributed by atoms with van der Waals surface area (Å²) >= 11 is 1.48. The Labute approximate surface area is 117 Å². The number of hydrogen-bond acceptors (Lipinski definition) is 3. The Hall–Kier alpha value is -1.57. The van der Waals surface area contributed by atoms with Crippen molar-refractivity contribution in [3.8, 4) is 0 Å². The zero-order chi connectivity index (χ0) is 14.8. The van der Waals surface area contributed by atoms with Gasteiger partial charge in [-0.15, -0.1) is 11.3 Å². The summed E-state index contributed by atoms with van der Waals surface area (Å²) in [7, 11) is 0. The number of likely N-dealkylation sites (tertiary alicyclic amines) is 1. The van der Waals surface area contributed by atoms with Crippen molar-refractivity contribution in [2.45, 2.75) is 19.1 Å². The quantitative estimate of drug-likeness (QED) is 0.922. The third-order valence-corrected chi connectivity index (χ3v) is 3.85. The van der Waals surface area contributed by atoms with Gasteiger partial charge in [0.05, 0.1) is 12.5 Å². The fourth-order valence-electron chi connectivity index (χ4n) is 2.05. The van der Waals surface area contributed by atoms with Crippen molar-refractivity contribution in [2.24, 2.45) is 5.92 Å². The van der Waals surface area contributed by atoms with Gasteiger partial charge in [0.1, 0.15) is 6.54 Å². The maximum absolute atomic E-state index is 12.2. The van der Waals surface area contributed by atoms with Crippen molar-refractivity contribution in [1.82, 2.24) is 10.2 Å². The summed E-state index contributed by atoms with van der Waals surface area (Å²) < 4.78 is 36.7. The van der Waals surface area contributed by atoms with E-state index in [-0.39, 0.29) is 18.9 Å². The lowest BCUT2D eigenvalue weighted by atomic mass is 10.1. The smallest absolute Gasteiger partial charge is 0.351 e. The summed E-state index contributed by atoms with van der Waals surface area (Å²) in [5, 5.41) is 4.51. The topological polar surface area (TPSA) is 49.4 Å². The molecule has 0 bridgehead atoms. The highest BCUT2D eigenvalue weighted by Gasteiger charge is 2.40. The van der Waals surface area contributed by atoms with Gasteiger partial charge in [0.25, 0.3) is 0 Å². The van der Waals surface area contributed by atoms with Crippen molar-refractivity contribution in [2.75, 3.05) is 13.1 Å². The molecule has 2 rings (SSSR count). The van der Waals surface area contributed by atoms with E-state index in [1.54, 1.807) is 0 Å². The predicted octanol–water partition coefficient (Wildman–Crippen LogP) is 1.78. The van der Waals surface area contributed by atoms with Gasteiger partial charge < -0.3 is 10.2 Å². The van der Waals surface area contributed by atoms with E-state index in [2.05, 4.69) is 5.32 Å². The number of alkyl halides is 3. The Morgan fingerprint density at radius 3 is 2.85 bits per heavy atom. The van der Waals surface area contributed by atoms with Crippen LogP contribution in [-0.4, -0.2) is 36.0 Å². The minimum absolute atomic E-state index is 0.160. The maximum atomic E-state index is 12.2. The van der Waals surface area contributed by atoms with Crippen LogP contribution in [0.2, 0.25) is 0 Å². The van der Waals surface area contributed by atoms with Gasteiger partial charge in [-0.25, -0.2) is 0 Å². The standard InChI is InChI=1S/C12H13F3N2O2S/c13-12(14,15)7-17-6-8(4-10(17)18)11(19)16-5-9-2-1-3-20-9/h1-3,8H,4-7H2,(H,16,19)/t8-/m1/s1. The van der Waals surface area contributed by atoms with E-state index in [1.165, 1.54) is 11.3 Å². The summed E-state index contributed by atoms with van der Waals surface area (Å²) in [5.41, 5.74) is 0. The third kappa shape index (κ3) is 3.96. The van der Waals surface area contributed by atoms with Gasteiger partial charge in [0, 0.05) is 17.8 Å². The number of nitrogens with one attached hydrogen (secondary N) is 1. The zero-order valence-corrected chi connectivity index (χ0v) is 11.3. The van der Waals surface area contributed by atoms with Crippen LogP contribution in [0.15, 0.2) is 17.5 Å².